The van der Waals surface area contributed by atoms with E-state index in [1.807, 2.05) is 0 Å². The number of nitrogens with one attached hydrogen (secondary N) is 1. The van der Waals surface area contributed by atoms with E-state index in [-0.39, 0.29) is 5.41 Å². The summed E-state index contributed by atoms with van der Waals surface area (Å²) in [6, 6.07) is 0. The van der Waals surface area contributed by atoms with Crippen LogP contribution in [0.1, 0.15) is 65.7 Å². The van der Waals surface area contributed by atoms with Gasteiger partial charge in [-0.15, -0.1) is 0 Å². The molecule has 0 atom stereocenters. The quantitative estimate of drug-likeness (QED) is 0.861. The topological polar surface area (TPSA) is 32.3 Å². The summed E-state index contributed by atoms with van der Waals surface area (Å²) in [5.74, 6) is 0.457. The van der Waals surface area contributed by atoms with Gasteiger partial charge in [-0.25, -0.2) is 0 Å². The fourth-order valence-corrected chi connectivity index (χ4v) is 3.92. The van der Waals surface area contributed by atoms with Crippen LogP contribution in [0.5, 0.6) is 0 Å². The van der Waals surface area contributed by atoms with Crippen LogP contribution in [0.4, 0.5) is 0 Å². The molecule has 0 aliphatic carbocycles. The first kappa shape index (κ1) is 15.8. The molecular formula is C17H32N2O. The Bertz CT molecular complexity index is 326. The molecular weight excluding hydrogens is 248 g/mol. The minimum Gasteiger partial charge on any atom is -0.342 e. The monoisotopic (exact) mass is 280 g/mol. The van der Waals surface area contributed by atoms with Crippen LogP contribution < -0.4 is 5.32 Å². The van der Waals surface area contributed by atoms with Crippen LogP contribution in [0.25, 0.3) is 0 Å². The zero-order chi connectivity index (χ0) is 14.6. The van der Waals surface area contributed by atoms with Crippen LogP contribution in [0.2, 0.25) is 0 Å². The summed E-state index contributed by atoms with van der Waals surface area (Å²) in [6.07, 6.45) is 7.80. The normalized spacial score (nSPS) is 26.1. The maximum absolute atomic E-state index is 13.1. The van der Waals surface area contributed by atoms with Crippen LogP contribution in [-0.2, 0) is 4.79 Å². The second-order valence-electron chi connectivity index (χ2n) is 7.59. The third kappa shape index (κ3) is 3.55. The fraction of sp³-hybridized carbons (Fsp3) is 0.941. The molecule has 0 bridgehead atoms. The van der Waals surface area contributed by atoms with Gasteiger partial charge < -0.3 is 10.2 Å². The highest BCUT2D eigenvalue weighted by molar-refractivity contribution is 5.83. The Labute approximate surface area is 124 Å². The number of hydrogen-bond donors (Lipinski definition) is 1. The van der Waals surface area contributed by atoms with E-state index in [1.54, 1.807) is 0 Å². The van der Waals surface area contributed by atoms with Crippen LogP contribution in [0.3, 0.4) is 0 Å². The van der Waals surface area contributed by atoms with Gasteiger partial charge in [-0.2, -0.15) is 0 Å². The van der Waals surface area contributed by atoms with Gasteiger partial charge in [0.25, 0.3) is 0 Å². The lowest BCUT2D eigenvalue weighted by Gasteiger charge is -2.40. The Morgan fingerprint density at radius 1 is 1.10 bits per heavy atom. The Balaban J connectivity index is 2.07. The van der Waals surface area contributed by atoms with Crippen molar-refractivity contribution in [3.63, 3.8) is 0 Å². The fourth-order valence-electron chi connectivity index (χ4n) is 3.92. The van der Waals surface area contributed by atoms with Crippen molar-refractivity contribution in [1.82, 2.24) is 10.2 Å². The highest BCUT2D eigenvalue weighted by Crippen LogP contribution is 2.38. The van der Waals surface area contributed by atoms with Crippen molar-refractivity contribution in [3.05, 3.63) is 0 Å². The molecule has 2 fully saturated rings. The number of nitrogens with zero attached hydrogens (tertiary/aromatic N) is 1. The molecule has 1 amide bonds. The first-order valence-electron chi connectivity index (χ1n) is 8.49. The first-order chi connectivity index (χ1) is 9.49. The highest BCUT2D eigenvalue weighted by Gasteiger charge is 2.41. The van der Waals surface area contributed by atoms with Gasteiger partial charge in [0.15, 0.2) is 0 Å². The Morgan fingerprint density at radius 3 is 2.45 bits per heavy atom. The number of carbonyl (C=O) groups is 1. The number of piperidine rings is 1. The smallest absolute Gasteiger partial charge is 0.228 e. The standard InChI is InChI=1S/C17H32N2O/c1-4-6-17(8-11-18-12-9-17)15(20)19-13-5-7-16(2,3)10-14-19/h18H,4-14H2,1-3H3. The van der Waals surface area contributed by atoms with Gasteiger partial charge in [0.1, 0.15) is 0 Å². The van der Waals surface area contributed by atoms with E-state index < -0.39 is 0 Å². The van der Waals surface area contributed by atoms with Gasteiger partial charge in [-0.1, -0.05) is 27.2 Å². The molecule has 0 radical (unpaired) electrons. The van der Waals surface area contributed by atoms with Crippen LogP contribution >= 0.6 is 0 Å². The summed E-state index contributed by atoms with van der Waals surface area (Å²) >= 11 is 0. The molecule has 0 unspecified atom stereocenters. The number of likely N-dealkylation sites (tertiary alicyclic amines) is 1. The molecule has 2 rings (SSSR count). The van der Waals surface area contributed by atoms with Gasteiger partial charge in [-0.05, 0) is 57.0 Å². The number of hydrogen-bond acceptors (Lipinski definition) is 2. The highest BCUT2D eigenvalue weighted by atomic mass is 16.2. The minimum absolute atomic E-state index is 0.0610. The summed E-state index contributed by atoms with van der Waals surface area (Å²) in [7, 11) is 0. The third-order valence-corrected chi connectivity index (χ3v) is 5.37. The molecule has 1 N–H and O–H groups in total. The van der Waals surface area contributed by atoms with E-state index in [4.69, 9.17) is 0 Å². The van der Waals surface area contributed by atoms with Gasteiger partial charge in [-0.3, -0.25) is 4.79 Å². The van der Waals surface area contributed by atoms with E-state index in [1.165, 1.54) is 12.8 Å². The predicted octanol–water partition coefficient (Wildman–Crippen LogP) is 3.20. The summed E-state index contributed by atoms with van der Waals surface area (Å²) in [4.78, 5) is 15.3. The van der Waals surface area contributed by atoms with E-state index in [0.29, 0.717) is 11.3 Å². The summed E-state index contributed by atoms with van der Waals surface area (Å²) < 4.78 is 0. The van der Waals surface area contributed by atoms with E-state index in [0.717, 1.165) is 58.3 Å². The van der Waals surface area contributed by atoms with Gasteiger partial charge in [0, 0.05) is 13.1 Å². The van der Waals surface area contributed by atoms with Crippen molar-refractivity contribution in [2.75, 3.05) is 26.2 Å². The van der Waals surface area contributed by atoms with Crippen LogP contribution in [-0.4, -0.2) is 37.0 Å². The molecule has 0 saturated carbocycles. The zero-order valence-corrected chi connectivity index (χ0v) is 13.6. The lowest BCUT2D eigenvalue weighted by Crippen LogP contribution is -2.49. The van der Waals surface area contributed by atoms with Crippen molar-refractivity contribution < 1.29 is 4.79 Å². The van der Waals surface area contributed by atoms with Crippen molar-refractivity contribution >= 4 is 5.91 Å². The summed E-state index contributed by atoms with van der Waals surface area (Å²) in [5.41, 5.74) is 0.343. The number of amides is 1. The second-order valence-corrected chi connectivity index (χ2v) is 7.59. The zero-order valence-electron chi connectivity index (χ0n) is 13.6. The number of carbonyl (C=O) groups excluding carboxylic acids is 1. The molecule has 2 heterocycles. The average Bonchev–Trinajstić information content (AvgIpc) is 2.60. The lowest BCUT2D eigenvalue weighted by atomic mass is 9.74. The second kappa shape index (κ2) is 6.46. The Hall–Kier alpha value is -0.570. The minimum atomic E-state index is -0.0610. The van der Waals surface area contributed by atoms with E-state index in [9.17, 15) is 4.79 Å². The van der Waals surface area contributed by atoms with E-state index in [2.05, 4.69) is 31.0 Å². The van der Waals surface area contributed by atoms with Crippen LogP contribution in [0.15, 0.2) is 0 Å². The molecule has 0 aromatic rings. The lowest BCUT2D eigenvalue weighted by molar-refractivity contribution is -0.144. The molecule has 3 heteroatoms. The molecule has 3 nitrogen and oxygen atoms in total. The molecule has 0 aromatic heterocycles. The molecule has 0 aromatic carbocycles. The van der Waals surface area contributed by atoms with Gasteiger partial charge >= 0.3 is 0 Å². The summed E-state index contributed by atoms with van der Waals surface area (Å²) in [6.45, 7) is 10.8. The van der Waals surface area contributed by atoms with Crippen LogP contribution in [0, 0.1) is 10.8 Å². The molecule has 2 saturated heterocycles. The molecule has 2 aliphatic heterocycles. The average molecular weight is 280 g/mol. The maximum Gasteiger partial charge on any atom is 0.228 e. The van der Waals surface area contributed by atoms with Gasteiger partial charge in [0.2, 0.25) is 5.91 Å². The van der Waals surface area contributed by atoms with Crippen molar-refractivity contribution in [3.8, 4) is 0 Å². The van der Waals surface area contributed by atoms with E-state index >= 15 is 0 Å². The van der Waals surface area contributed by atoms with Crippen molar-refractivity contribution in [2.24, 2.45) is 10.8 Å². The predicted molar refractivity (Wildman–Crippen MR) is 83.7 cm³/mol. The van der Waals surface area contributed by atoms with Crippen molar-refractivity contribution in [2.45, 2.75) is 65.7 Å². The van der Waals surface area contributed by atoms with Gasteiger partial charge in [0.05, 0.1) is 5.41 Å². The molecule has 0 spiro atoms. The molecule has 20 heavy (non-hydrogen) atoms. The first-order valence-corrected chi connectivity index (χ1v) is 8.49. The Morgan fingerprint density at radius 2 is 1.80 bits per heavy atom. The van der Waals surface area contributed by atoms with Crippen molar-refractivity contribution in [1.29, 1.82) is 0 Å². The maximum atomic E-state index is 13.1. The third-order valence-electron chi connectivity index (χ3n) is 5.37. The Kier molecular flexibility index (Phi) is 5.11. The molecule has 116 valence electrons. The largest absolute Gasteiger partial charge is 0.342 e. The number of rotatable bonds is 3. The SMILES string of the molecule is CCCC1(C(=O)N2CCCC(C)(C)CC2)CCNCC1. The summed E-state index contributed by atoms with van der Waals surface area (Å²) in [5, 5.41) is 3.41. The molecule has 2 aliphatic rings.